The number of aliphatic hydroxyl groups is 4. The van der Waals surface area contributed by atoms with Gasteiger partial charge in [0, 0.05) is 12.3 Å². The van der Waals surface area contributed by atoms with E-state index in [1.54, 1.807) is 0 Å². The van der Waals surface area contributed by atoms with Gasteiger partial charge < -0.3 is 39.4 Å². The molecule has 0 radical (unpaired) electrons. The van der Waals surface area contributed by atoms with E-state index in [-0.39, 0.29) is 34.2 Å². The number of allylic oxidation sites excluding steroid dienone is 1. The molecule has 0 aromatic rings. The molecule has 4 aliphatic carbocycles. The van der Waals surface area contributed by atoms with Crippen LogP contribution in [0.2, 0.25) is 0 Å². The minimum absolute atomic E-state index is 0.122. The summed E-state index contributed by atoms with van der Waals surface area (Å²) in [4.78, 5) is 0. The van der Waals surface area contributed by atoms with Crippen molar-refractivity contribution in [3.05, 3.63) is 11.6 Å². The van der Waals surface area contributed by atoms with Crippen molar-refractivity contribution in [1.82, 2.24) is 0 Å². The number of fused-ring (bicyclic) bond motifs is 7. The van der Waals surface area contributed by atoms with Crippen molar-refractivity contribution in [1.29, 1.82) is 0 Å². The molecule has 0 bridgehead atoms. The van der Waals surface area contributed by atoms with Gasteiger partial charge in [-0.2, -0.15) is 0 Å². The molecular formula is C34H54O8. The first-order valence-corrected chi connectivity index (χ1v) is 16.8. The van der Waals surface area contributed by atoms with Crippen LogP contribution in [0.5, 0.6) is 0 Å². The molecule has 8 heteroatoms. The van der Waals surface area contributed by atoms with E-state index in [0.29, 0.717) is 29.6 Å². The number of hydrogen-bond donors (Lipinski definition) is 4. The molecule has 16 atom stereocenters. The fourth-order valence-electron chi connectivity index (χ4n) is 11.5. The predicted octanol–water partition coefficient (Wildman–Crippen LogP) is 3.93. The maximum absolute atomic E-state index is 10.5. The average Bonchev–Trinajstić information content (AvgIpc) is 3.36. The van der Waals surface area contributed by atoms with Crippen molar-refractivity contribution < 1.29 is 39.4 Å². The maximum atomic E-state index is 10.5. The van der Waals surface area contributed by atoms with Gasteiger partial charge in [0.1, 0.15) is 24.4 Å². The van der Waals surface area contributed by atoms with Gasteiger partial charge in [0.05, 0.1) is 25.4 Å². The molecule has 238 valence electrons. The molecule has 0 aromatic carbocycles. The van der Waals surface area contributed by atoms with Crippen LogP contribution in [-0.4, -0.2) is 82.3 Å². The molecule has 0 amide bonds. The molecule has 7 rings (SSSR count). The van der Waals surface area contributed by atoms with Crippen LogP contribution in [0.25, 0.3) is 0 Å². The van der Waals surface area contributed by atoms with Gasteiger partial charge in [0.2, 0.25) is 0 Å². The van der Waals surface area contributed by atoms with Gasteiger partial charge in [0.25, 0.3) is 0 Å². The van der Waals surface area contributed by atoms with Crippen LogP contribution in [0.3, 0.4) is 0 Å². The normalized spacial score (nSPS) is 59.0. The van der Waals surface area contributed by atoms with Crippen molar-refractivity contribution in [2.45, 2.75) is 141 Å². The summed E-state index contributed by atoms with van der Waals surface area (Å²) in [6, 6.07) is 0. The van der Waals surface area contributed by atoms with Gasteiger partial charge in [-0.3, -0.25) is 0 Å². The molecule has 0 aromatic heterocycles. The quantitative estimate of drug-likeness (QED) is 0.366. The summed E-state index contributed by atoms with van der Waals surface area (Å²) in [5.41, 5.74) is 2.04. The highest BCUT2D eigenvalue weighted by molar-refractivity contribution is 5.28. The molecule has 7 aliphatic rings. The molecule has 3 saturated heterocycles. The van der Waals surface area contributed by atoms with Crippen LogP contribution in [0.1, 0.15) is 92.4 Å². The molecule has 42 heavy (non-hydrogen) atoms. The number of aliphatic hydroxyl groups excluding tert-OH is 4. The fraction of sp³-hybridized carbons (Fsp3) is 0.941. The Balaban J connectivity index is 1.08. The van der Waals surface area contributed by atoms with E-state index < -0.39 is 37.3 Å². The Morgan fingerprint density at radius 2 is 1.71 bits per heavy atom. The minimum Gasteiger partial charge on any atom is -0.394 e. The van der Waals surface area contributed by atoms with E-state index in [0.717, 1.165) is 45.1 Å². The van der Waals surface area contributed by atoms with Crippen LogP contribution in [-0.2, 0) is 18.9 Å². The summed E-state index contributed by atoms with van der Waals surface area (Å²) in [5.74, 6) is 2.44. The van der Waals surface area contributed by atoms with Crippen LogP contribution >= 0.6 is 0 Å². The lowest BCUT2D eigenvalue weighted by molar-refractivity contribution is -0.313. The largest absolute Gasteiger partial charge is 0.394 e. The summed E-state index contributed by atoms with van der Waals surface area (Å²) in [6.45, 7) is 12.7. The van der Waals surface area contributed by atoms with Crippen LogP contribution < -0.4 is 0 Å². The summed E-state index contributed by atoms with van der Waals surface area (Å²) in [6.07, 6.45) is 6.04. The first-order chi connectivity index (χ1) is 19.9. The third-order valence-electron chi connectivity index (χ3n) is 14.3. The van der Waals surface area contributed by atoms with Crippen molar-refractivity contribution in [3.8, 4) is 0 Å². The van der Waals surface area contributed by atoms with Crippen LogP contribution in [0.15, 0.2) is 11.6 Å². The second-order valence-corrected chi connectivity index (χ2v) is 16.1. The van der Waals surface area contributed by atoms with E-state index in [1.165, 1.54) is 24.8 Å². The molecule has 3 heterocycles. The second kappa shape index (κ2) is 10.2. The Morgan fingerprint density at radius 1 is 0.929 bits per heavy atom. The lowest BCUT2D eigenvalue weighted by Crippen LogP contribution is -2.60. The van der Waals surface area contributed by atoms with E-state index >= 15 is 0 Å². The third kappa shape index (κ3) is 4.08. The van der Waals surface area contributed by atoms with Gasteiger partial charge in [0.15, 0.2) is 12.1 Å². The molecule has 3 saturated carbocycles. The molecule has 0 unspecified atom stereocenters. The Kier molecular flexibility index (Phi) is 7.32. The lowest BCUT2D eigenvalue weighted by atomic mass is 9.42. The molecule has 4 N–H and O–H groups in total. The third-order valence-corrected chi connectivity index (χ3v) is 14.3. The SMILES string of the molecule is C[C@H]1CC[C@@]2(OC1)O[C@H]1C[C@@]3(C)[C@@H]4CC=C5C[C@@H](O[C@@H]6O[C@H](CO)[C@H](O)[C@H](O)[C@H]6O)CC[C@]5(C)[C@H]4CC[C@]3(C)[C@H]1[C@@H]2C. The Bertz CT molecular complexity index is 1070. The summed E-state index contributed by atoms with van der Waals surface area (Å²) < 4.78 is 25.4. The lowest BCUT2D eigenvalue weighted by Gasteiger charge is -2.63. The predicted molar refractivity (Wildman–Crippen MR) is 155 cm³/mol. The number of hydrogen-bond acceptors (Lipinski definition) is 8. The van der Waals surface area contributed by atoms with Gasteiger partial charge in [-0.1, -0.05) is 46.3 Å². The zero-order chi connectivity index (χ0) is 29.8. The molecule has 1 spiro atoms. The van der Waals surface area contributed by atoms with Crippen molar-refractivity contribution in [2.24, 2.45) is 45.8 Å². The van der Waals surface area contributed by atoms with Crippen molar-refractivity contribution in [3.63, 3.8) is 0 Å². The standard InChI is InChI=1S/C34H54O8/c1-18-8-13-34(39-17-18)19(2)26-24(42-34)15-33(5)23-7-6-20-14-21(9-11-31(20,3)22(23)10-12-32(26,33)4)40-30-29(38)28(37)27(36)25(16-35)41-30/h6,18-19,21-30,35-38H,7-17H2,1-5H3/t18-,19-,21-,22-,23+,24-,25+,26-,27-,28-,29+,30+,31-,32+,33-,34+/m0/s1. The number of rotatable bonds is 3. The van der Waals surface area contributed by atoms with E-state index in [4.69, 9.17) is 18.9 Å². The zero-order valence-corrected chi connectivity index (χ0v) is 26.2. The van der Waals surface area contributed by atoms with E-state index in [1.807, 2.05) is 0 Å². The van der Waals surface area contributed by atoms with Gasteiger partial charge >= 0.3 is 0 Å². The van der Waals surface area contributed by atoms with Crippen LogP contribution in [0.4, 0.5) is 0 Å². The summed E-state index contributed by atoms with van der Waals surface area (Å²) in [7, 11) is 0. The van der Waals surface area contributed by atoms with E-state index in [9.17, 15) is 20.4 Å². The van der Waals surface area contributed by atoms with Gasteiger partial charge in [-0.25, -0.2) is 0 Å². The Hall–Kier alpha value is -0.580. The first kappa shape index (κ1) is 30.1. The highest BCUT2D eigenvalue weighted by Gasteiger charge is 2.73. The summed E-state index contributed by atoms with van der Waals surface area (Å²) in [5, 5.41) is 40.5. The molecular weight excluding hydrogens is 536 g/mol. The minimum atomic E-state index is -1.41. The zero-order valence-electron chi connectivity index (χ0n) is 26.2. The summed E-state index contributed by atoms with van der Waals surface area (Å²) >= 11 is 0. The van der Waals surface area contributed by atoms with Gasteiger partial charge in [-0.05, 0) is 91.3 Å². The van der Waals surface area contributed by atoms with Crippen molar-refractivity contribution >= 4 is 0 Å². The fourth-order valence-corrected chi connectivity index (χ4v) is 11.5. The highest BCUT2D eigenvalue weighted by Crippen LogP contribution is 2.75. The molecule has 8 nitrogen and oxygen atoms in total. The maximum Gasteiger partial charge on any atom is 0.186 e. The first-order valence-electron chi connectivity index (χ1n) is 16.8. The Morgan fingerprint density at radius 3 is 2.43 bits per heavy atom. The van der Waals surface area contributed by atoms with Crippen molar-refractivity contribution in [2.75, 3.05) is 13.2 Å². The molecule has 3 aliphatic heterocycles. The van der Waals surface area contributed by atoms with E-state index in [2.05, 4.69) is 40.7 Å². The monoisotopic (exact) mass is 590 g/mol. The van der Waals surface area contributed by atoms with Crippen LogP contribution in [0, 0.1) is 45.8 Å². The Labute approximate surface area is 251 Å². The topological polar surface area (TPSA) is 118 Å². The number of ether oxygens (including phenoxy) is 4. The smallest absolute Gasteiger partial charge is 0.186 e. The van der Waals surface area contributed by atoms with Gasteiger partial charge in [-0.15, -0.1) is 0 Å². The molecule has 6 fully saturated rings. The average molecular weight is 591 g/mol. The highest BCUT2D eigenvalue weighted by atomic mass is 16.7. The second-order valence-electron chi connectivity index (χ2n) is 16.1.